The van der Waals surface area contributed by atoms with Gasteiger partial charge in [0.25, 0.3) is 5.91 Å². The van der Waals surface area contributed by atoms with E-state index >= 15 is 0 Å². The number of halogens is 2. The second-order valence-electron chi connectivity index (χ2n) is 4.76. The van der Waals surface area contributed by atoms with Gasteiger partial charge in [0.2, 0.25) is 10.0 Å². The average Bonchev–Trinajstić information content (AvgIpc) is 2.76. The molecule has 1 aromatic carbocycles. The van der Waals surface area contributed by atoms with Crippen molar-refractivity contribution < 1.29 is 17.9 Å². The van der Waals surface area contributed by atoms with Crippen molar-refractivity contribution in [3.63, 3.8) is 0 Å². The summed E-state index contributed by atoms with van der Waals surface area (Å²) in [6.07, 6.45) is 0.588. The minimum Gasteiger partial charge on any atom is -0.376 e. The van der Waals surface area contributed by atoms with Crippen molar-refractivity contribution in [1.82, 2.24) is 5.32 Å². The van der Waals surface area contributed by atoms with E-state index in [9.17, 15) is 13.2 Å². The Balaban J connectivity index is 2.32. The number of benzene rings is 1. The van der Waals surface area contributed by atoms with E-state index in [1.165, 1.54) is 6.07 Å². The van der Waals surface area contributed by atoms with E-state index < -0.39 is 15.9 Å². The highest BCUT2D eigenvalue weighted by molar-refractivity contribution is 7.89. The van der Waals surface area contributed by atoms with Gasteiger partial charge in [-0.15, -0.1) is 0 Å². The van der Waals surface area contributed by atoms with E-state index in [0.29, 0.717) is 13.0 Å². The Morgan fingerprint density at radius 1 is 1.43 bits per heavy atom. The van der Waals surface area contributed by atoms with E-state index in [0.717, 1.165) is 6.07 Å². The van der Waals surface area contributed by atoms with Gasteiger partial charge < -0.3 is 10.1 Å². The Morgan fingerprint density at radius 2 is 2.10 bits per heavy atom. The third-order valence-electron chi connectivity index (χ3n) is 3.26. The van der Waals surface area contributed by atoms with E-state index in [-0.39, 0.29) is 32.7 Å². The largest absolute Gasteiger partial charge is 0.376 e. The van der Waals surface area contributed by atoms with Gasteiger partial charge in [0, 0.05) is 12.2 Å². The second-order valence-corrected chi connectivity index (χ2v) is 7.07. The summed E-state index contributed by atoms with van der Waals surface area (Å²) in [6.45, 7) is 2.42. The summed E-state index contributed by atoms with van der Waals surface area (Å²) >= 11 is 11.7. The number of sulfonamides is 1. The number of carbonyl (C=O) groups is 1. The summed E-state index contributed by atoms with van der Waals surface area (Å²) < 4.78 is 28.3. The van der Waals surface area contributed by atoms with Crippen molar-refractivity contribution in [2.75, 3.05) is 6.61 Å². The molecule has 2 atom stereocenters. The quantitative estimate of drug-likeness (QED) is 0.861. The lowest BCUT2D eigenvalue weighted by Gasteiger charge is -2.16. The highest BCUT2D eigenvalue weighted by Gasteiger charge is 2.27. The molecule has 0 aliphatic carbocycles. The van der Waals surface area contributed by atoms with Crippen LogP contribution in [0.15, 0.2) is 17.0 Å². The maximum atomic E-state index is 12.2. The molecule has 0 aromatic heterocycles. The van der Waals surface area contributed by atoms with Crippen LogP contribution in [0, 0.1) is 0 Å². The molecule has 0 radical (unpaired) electrons. The fraction of sp³-hybridized carbons (Fsp3) is 0.417. The standard InChI is InChI=1S/C12H14Cl2N2O4S/c1-6-9(2-3-20-6)16-12(17)7-4-8(13)11(14)10(5-7)21(15,18)19/h4-6,9H,2-3H2,1H3,(H,16,17)(H2,15,18,19). The summed E-state index contributed by atoms with van der Waals surface area (Å²) in [5.41, 5.74) is 0.0764. The van der Waals surface area contributed by atoms with Crippen LogP contribution in [-0.2, 0) is 14.8 Å². The summed E-state index contributed by atoms with van der Waals surface area (Å²) in [7, 11) is -4.07. The first-order valence-electron chi connectivity index (χ1n) is 6.14. The summed E-state index contributed by atoms with van der Waals surface area (Å²) in [5.74, 6) is -0.458. The van der Waals surface area contributed by atoms with Crippen molar-refractivity contribution >= 4 is 39.1 Å². The number of carbonyl (C=O) groups excluding carboxylic acids is 1. The van der Waals surface area contributed by atoms with Crippen LogP contribution in [0.5, 0.6) is 0 Å². The number of hydrogen-bond acceptors (Lipinski definition) is 4. The molecule has 0 spiro atoms. The molecule has 1 aliphatic rings. The van der Waals surface area contributed by atoms with Crippen LogP contribution in [0.25, 0.3) is 0 Å². The molecule has 6 nitrogen and oxygen atoms in total. The topological polar surface area (TPSA) is 98.5 Å². The smallest absolute Gasteiger partial charge is 0.251 e. The molecular weight excluding hydrogens is 339 g/mol. The van der Waals surface area contributed by atoms with Gasteiger partial charge in [0.1, 0.15) is 4.90 Å². The van der Waals surface area contributed by atoms with E-state index in [4.69, 9.17) is 33.1 Å². The van der Waals surface area contributed by atoms with Crippen LogP contribution >= 0.6 is 23.2 Å². The predicted molar refractivity (Wildman–Crippen MR) is 79.1 cm³/mol. The summed E-state index contributed by atoms with van der Waals surface area (Å²) in [6, 6.07) is 2.28. The molecule has 9 heteroatoms. The van der Waals surface area contributed by atoms with Crippen LogP contribution in [0.1, 0.15) is 23.7 Å². The SMILES string of the molecule is CC1OCCC1NC(=O)c1cc(Cl)c(Cl)c(S(N)(=O)=O)c1. The number of rotatable bonds is 3. The summed E-state index contributed by atoms with van der Waals surface area (Å²) in [4.78, 5) is 11.8. The molecule has 0 saturated carbocycles. The van der Waals surface area contributed by atoms with Crippen LogP contribution in [0.4, 0.5) is 0 Å². The van der Waals surface area contributed by atoms with Gasteiger partial charge in [-0.25, -0.2) is 13.6 Å². The van der Waals surface area contributed by atoms with Crippen molar-refractivity contribution in [3.05, 3.63) is 27.7 Å². The minimum absolute atomic E-state index is 0.0518. The molecule has 3 N–H and O–H groups in total. The lowest BCUT2D eigenvalue weighted by Crippen LogP contribution is -2.39. The third kappa shape index (κ3) is 3.67. The number of amides is 1. The molecule has 116 valence electrons. The molecule has 1 amide bonds. The van der Waals surface area contributed by atoms with Crippen molar-refractivity contribution in [3.8, 4) is 0 Å². The molecule has 2 unspecified atom stereocenters. The molecule has 1 heterocycles. The van der Waals surface area contributed by atoms with Gasteiger partial charge >= 0.3 is 0 Å². The molecule has 1 aliphatic heterocycles. The maximum Gasteiger partial charge on any atom is 0.251 e. The van der Waals surface area contributed by atoms with Gasteiger partial charge in [-0.2, -0.15) is 0 Å². The molecule has 1 aromatic rings. The monoisotopic (exact) mass is 352 g/mol. The minimum atomic E-state index is -4.07. The highest BCUT2D eigenvalue weighted by atomic mass is 35.5. The number of hydrogen-bond donors (Lipinski definition) is 2. The van der Waals surface area contributed by atoms with Crippen molar-refractivity contribution in [1.29, 1.82) is 0 Å². The number of primary sulfonamides is 1. The lowest BCUT2D eigenvalue weighted by atomic mass is 10.1. The Kier molecular flexibility index (Phi) is 4.79. The van der Waals surface area contributed by atoms with Gasteiger partial charge in [0.15, 0.2) is 0 Å². The fourth-order valence-corrected chi connectivity index (χ4v) is 3.43. The second kappa shape index (κ2) is 6.10. The first-order valence-corrected chi connectivity index (χ1v) is 8.44. The van der Waals surface area contributed by atoms with Gasteiger partial charge in [-0.3, -0.25) is 4.79 Å². The first kappa shape index (κ1) is 16.5. The Hall–Kier alpha value is -0.860. The molecule has 1 saturated heterocycles. The normalized spacial score (nSPS) is 22.3. The Labute approximate surface area is 132 Å². The zero-order valence-electron chi connectivity index (χ0n) is 11.1. The first-order chi connectivity index (χ1) is 9.70. The van der Waals surface area contributed by atoms with Crippen LogP contribution in [0.2, 0.25) is 10.0 Å². The molecule has 1 fully saturated rings. The zero-order chi connectivity index (χ0) is 15.8. The lowest BCUT2D eigenvalue weighted by molar-refractivity contribution is 0.0866. The van der Waals surface area contributed by atoms with Crippen LogP contribution in [-0.4, -0.2) is 33.1 Å². The summed E-state index contributed by atoms with van der Waals surface area (Å²) in [5, 5.41) is 7.58. The number of nitrogens with two attached hydrogens (primary N) is 1. The highest BCUT2D eigenvalue weighted by Crippen LogP contribution is 2.30. The number of ether oxygens (including phenoxy) is 1. The van der Waals surface area contributed by atoms with Crippen LogP contribution in [0.3, 0.4) is 0 Å². The molecular formula is C12H14Cl2N2O4S. The molecule has 2 rings (SSSR count). The van der Waals surface area contributed by atoms with E-state index in [1.807, 2.05) is 6.92 Å². The van der Waals surface area contributed by atoms with Crippen molar-refractivity contribution in [2.24, 2.45) is 5.14 Å². The average molecular weight is 353 g/mol. The molecule has 0 bridgehead atoms. The van der Waals surface area contributed by atoms with Gasteiger partial charge in [-0.05, 0) is 25.5 Å². The Bertz CT molecular complexity index is 678. The van der Waals surface area contributed by atoms with Crippen molar-refractivity contribution in [2.45, 2.75) is 30.4 Å². The van der Waals surface area contributed by atoms with E-state index in [2.05, 4.69) is 5.32 Å². The Morgan fingerprint density at radius 3 is 2.62 bits per heavy atom. The third-order valence-corrected chi connectivity index (χ3v) is 5.11. The zero-order valence-corrected chi connectivity index (χ0v) is 13.4. The van der Waals surface area contributed by atoms with Gasteiger partial charge in [-0.1, -0.05) is 23.2 Å². The fourth-order valence-electron chi connectivity index (χ4n) is 2.07. The van der Waals surface area contributed by atoms with E-state index in [1.54, 1.807) is 0 Å². The number of nitrogens with one attached hydrogen (secondary N) is 1. The maximum absolute atomic E-state index is 12.2. The van der Waals surface area contributed by atoms with Crippen LogP contribution < -0.4 is 10.5 Å². The van der Waals surface area contributed by atoms with Gasteiger partial charge in [0.05, 0.1) is 22.2 Å². The predicted octanol–water partition coefficient (Wildman–Crippen LogP) is 1.55. The molecule has 21 heavy (non-hydrogen) atoms.